The molecule has 26 heavy (non-hydrogen) atoms. The standard InChI is InChI=1S/C19H27N3O3.ClH/c1-20-12-14-5-3-9-22(13-14)19(24)15-6-2-7-16(11-15)21-18(23)17-8-4-10-25-17;/h2,6-7,11,14,17,20H,3-5,8-10,12-13H2,1H3,(H,21,23);1H. The molecular formula is C19H28ClN3O3. The van der Waals surface area contributed by atoms with Crippen LogP contribution in [0.5, 0.6) is 0 Å². The first kappa shape index (κ1) is 20.7. The number of nitrogens with zero attached hydrogens (tertiary/aromatic N) is 1. The Hall–Kier alpha value is -1.63. The second kappa shape index (κ2) is 9.90. The van der Waals surface area contributed by atoms with Crippen molar-refractivity contribution in [1.82, 2.24) is 10.2 Å². The van der Waals surface area contributed by atoms with E-state index in [4.69, 9.17) is 4.74 Å². The highest BCUT2D eigenvalue weighted by Gasteiger charge is 2.25. The summed E-state index contributed by atoms with van der Waals surface area (Å²) in [7, 11) is 1.95. The van der Waals surface area contributed by atoms with Gasteiger partial charge in [0.1, 0.15) is 6.10 Å². The normalized spacial score (nSPS) is 22.6. The molecule has 0 aromatic heterocycles. The van der Waals surface area contributed by atoms with Gasteiger partial charge in [0.2, 0.25) is 0 Å². The highest BCUT2D eigenvalue weighted by atomic mass is 35.5. The molecule has 0 radical (unpaired) electrons. The van der Waals surface area contributed by atoms with Crippen LogP contribution >= 0.6 is 12.4 Å². The number of carbonyl (C=O) groups excluding carboxylic acids is 2. The van der Waals surface area contributed by atoms with Crippen molar-refractivity contribution in [2.24, 2.45) is 5.92 Å². The van der Waals surface area contributed by atoms with Gasteiger partial charge >= 0.3 is 0 Å². The van der Waals surface area contributed by atoms with E-state index in [-0.39, 0.29) is 30.3 Å². The average Bonchev–Trinajstić information content (AvgIpc) is 3.17. The number of carbonyl (C=O) groups is 2. The lowest BCUT2D eigenvalue weighted by Crippen LogP contribution is -2.42. The molecule has 144 valence electrons. The number of benzene rings is 1. The number of ether oxygens (including phenoxy) is 1. The molecule has 2 atom stereocenters. The Morgan fingerprint density at radius 2 is 2.12 bits per heavy atom. The molecule has 1 aromatic rings. The van der Waals surface area contributed by atoms with Crippen molar-refractivity contribution < 1.29 is 14.3 Å². The molecule has 2 unspecified atom stereocenters. The van der Waals surface area contributed by atoms with Crippen molar-refractivity contribution in [3.8, 4) is 0 Å². The van der Waals surface area contributed by atoms with Crippen LogP contribution in [0.25, 0.3) is 0 Å². The van der Waals surface area contributed by atoms with Crippen molar-refractivity contribution in [1.29, 1.82) is 0 Å². The Kier molecular flexibility index (Phi) is 7.87. The zero-order valence-corrected chi connectivity index (χ0v) is 16.0. The molecule has 2 heterocycles. The molecule has 6 nitrogen and oxygen atoms in total. The van der Waals surface area contributed by atoms with Gasteiger partial charge in [-0.25, -0.2) is 0 Å². The number of hydrogen-bond donors (Lipinski definition) is 2. The number of piperidine rings is 1. The average molecular weight is 382 g/mol. The van der Waals surface area contributed by atoms with Crippen molar-refractivity contribution in [2.75, 3.05) is 38.6 Å². The van der Waals surface area contributed by atoms with Crippen molar-refractivity contribution >= 4 is 29.9 Å². The maximum Gasteiger partial charge on any atom is 0.253 e. The van der Waals surface area contributed by atoms with E-state index in [0.717, 1.165) is 45.3 Å². The van der Waals surface area contributed by atoms with Crippen molar-refractivity contribution in [3.05, 3.63) is 29.8 Å². The Morgan fingerprint density at radius 3 is 2.85 bits per heavy atom. The summed E-state index contributed by atoms with van der Waals surface area (Å²) in [5.41, 5.74) is 1.27. The largest absolute Gasteiger partial charge is 0.368 e. The SMILES string of the molecule is CNCC1CCCN(C(=O)c2cccc(NC(=O)C3CCCO3)c2)C1.Cl. The fraction of sp³-hybridized carbons (Fsp3) is 0.579. The lowest BCUT2D eigenvalue weighted by Gasteiger charge is -2.32. The topological polar surface area (TPSA) is 70.7 Å². The first-order chi connectivity index (χ1) is 12.2. The molecule has 2 saturated heterocycles. The summed E-state index contributed by atoms with van der Waals surface area (Å²) >= 11 is 0. The Balaban J connectivity index is 0.00000243. The zero-order valence-electron chi connectivity index (χ0n) is 15.2. The maximum atomic E-state index is 12.8. The summed E-state index contributed by atoms with van der Waals surface area (Å²) in [6.07, 6.45) is 3.49. The van der Waals surface area contributed by atoms with Gasteiger partial charge in [-0.15, -0.1) is 12.4 Å². The molecule has 2 amide bonds. The Morgan fingerprint density at radius 1 is 1.27 bits per heavy atom. The van der Waals surface area contributed by atoms with Crippen LogP contribution in [0.15, 0.2) is 24.3 Å². The van der Waals surface area contributed by atoms with Gasteiger partial charge in [0.05, 0.1) is 0 Å². The third kappa shape index (κ3) is 5.19. The number of halogens is 1. The van der Waals surface area contributed by atoms with Crippen LogP contribution < -0.4 is 10.6 Å². The fourth-order valence-corrected chi connectivity index (χ4v) is 3.62. The lowest BCUT2D eigenvalue weighted by atomic mass is 9.97. The Bertz CT molecular complexity index is 618. The number of hydrogen-bond acceptors (Lipinski definition) is 4. The highest BCUT2D eigenvalue weighted by Crippen LogP contribution is 2.20. The first-order valence-electron chi connectivity index (χ1n) is 9.14. The van der Waals surface area contributed by atoms with Crippen LogP contribution in [0.4, 0.5) is 5.69 Å². The predicted molar refractivity (Wildman–Crippen MR) is 104 cm³/mol. The van der Waals surface area contributed by atoms with Gasteiger partial charge in [0.15, 0.2) is 0 Å². The minimum atomic E-state index is -0.372. The first-order valence-corrected chi connectivity index (χ1v) is 9.14. The third-order valence-electron chi connectivity index (χ3n) is 4.90. The van der Waals surface area contributed by atoms with Crippen LogP contribution in [0, 0.1) is 5.92 Å². The van der Waals surface area contributed by atoms with Crippen LogP contribution in [0.1, 0.15) is 36.0 Å². The number of nitrogens with one attached hydrogen (secondary N) is 2. The molecule has 2 fully saturated rings. The molecule has 7 heteroatoms. The summed E-state index contributed by atoms with van der Waals surface area (Å²) < 4.78 is 5.40. The van der Waals surface area contributed by atoms with E-state index < -0.39 is 0 Å². The number of anilines is 1. The van der Waals surface area contributed by atoms with E-state index in [1.54, 1.807) is 6.07 Å². The molecule has 2 N–H and O–H groups in total. The number of amides is 2. The lowest BCUT2D eigenvalue weighted by molar-refractivity contribution is -0.124. The van der Waals surface area contributed by atoms with Gasteiger partial charge in [-0.2, -0.15) is 0 Å². The summed E-state index contributed by atoms with van der Waals surface area (Å²) in [6, 6.07) is 7.19. The summed E-state index contributed by atoms with van der Waals surface area (Å²) in [6.45, 7) is 3.15. The zero-order chi connectivity index (χ0) is 17.6. The maximum absolute atomic E-state index is 12.8. The van der Waals surface area contributed by atoms with Crippen molar-refractivity contribution in [3.63, 3.8) is 0 Å². The number of likely N-dealkylation sites (tertiary alicyclic amines) is 1. The smallest absolute Gasteiger partial charge is 0.253 e. The number of rotatable bonds is 5. The van der Waals surface area contributed by atoms with Crippen LogP contribution in [-0.2, 0) is 9.53 Å². The van der Waals surface area contributed by atoms with Crippen LogP contribution in [-0.4, -0.2) is 56.1 Å². The van der Waals surface area contributed by atoms with Gasteiger partial charge in [0.25, 0.3) is 11.8 Å². The predicted octanol–water partition coefficient (Wildman–Crippen LogP) is 2.30. The van der Waals surface area contributed by atoms with Gasteiger partial charge < -0.3 is 20.3 Å². The van der Waals surface area contributed by atoms with Crippen molar-refractivity contribution in [2.45, 2.75) is 31.8 Å². The van der Waals surface area contributed by atoms with E-state index in [2.05, 4.69) is 10.6 Å². The van der Waals surface area contributed by atoms with E-state index in [1.807, 2.05) is 30.1 Å². The molecule has 0 spiro atoms. The monoisotopic (exact) mass is 381 g/mol. The summed E-state index contributed by atoms with van der Waals surface area (Å²) in [5, 5.41) is 6.06. The summed E-state index contributed by atoms with van der Waals surface area (Å²) in [4.78, 5) is 26.9. The molecule has 0 bridgehead atoms. The van der Waals surface area contributed by atoms with E-state index in [9.17, 15) is 9.59 Å². The minimum Gasteiger partial charge on any atom is -0.368 e. The quantitative estimate of drug-likeness (QED) is 0.821. The summed E-state index contributed by atoms with van der Waals surface area (Å²) in [5.74, 6) is 0.410. The second-order valence-corrected chi connectivity index (χ2v) is 6.89. The van der Waals surface area contributed by atoms with E-state index in [0.29, 0.717) is 23.8 Å². The molecule has 0 aliphatic carbocycles. The third-order valence-corrected chi connectivity index (χ3v) is 4.90. The molecule has 0 saturated carbocycles. The molecular weight excluding hydrogens is 354 g/mol. The van der Waals surface area contributed by atoms with Gasteiger partial charge in [0, 0.05) is 30.9 Å². The fourth-order valence-electron chi connectivity index (χ4n) is 3.62. The molecule has 3 rings (SSSR count). The minimum absolute atomic E-state index is 0. The van der Waals surface area contributed by atoms with Gasteiger partial charge in [-0.3, -0.25) is 9.59 Å². The highest BCUT2D eigenvalue weighted by molar-refractivity contribution is 5.98. The molecule has 1 aromatic carbocycles. The van der Waals surface area contributed by atoms with Gasteiger partial charge in [-0.1, -0.05) is 6.07 Å². The second-order valence-electron chi connectivity index (χ2n) is 6.89. The van der Waals surface area contributed by atoms with E-state index >= 15 is 0 Å². The molecule has 2 aliphatic heterocycles. The molecule has 2 aliphatic rings. The van der Waals surface area contributed by atoms with E-state index in [1.165, 1.54) is 0 Å². The van der Waals surface area contributed by atoms with Crippen LogP contribution in [0.2, 0.25) is 0 Å². The van der Waals surface area contributed by atoms with Crippen LogP contribution in [0.3, 0.4) is 0 Å². The van der Waals surface area contributed by atoms with Gasteiger partial charge in [-0.05, 0) is 63.4 Å². The Labute approximate surface area is 161 Å².